The fraction of sp³-hybridized carbons (Fsp3) is 0.294. The van der Waals surface area contributed by atoms with E-state index in [4.69, 9.17) is 0 Å². The number of hydrogen-bond donors (Lipinski definition) is 2. The molecule has 0 spiro atoms. The Morgan fingerprint density at radius 3 is 2.38 bits per heavy atom. The third-order valence-electron chi connectivity index (χ3n) is 3.69. The van der Waals surface area contributed by atoms with E-state index in [0.717, 1.165) is 25.0 Å². The van der Waals surface area contributed by atoms with Crippen molar-refractivity contribution in [1.29, 1.82) is 0 Å². The van der Waals surface area contributed by atoms with E-state index >= 15 is 0 Å². The third kappa shape index (κ3) is 4.24. The molecule has 2 N–H and O–H groups in total. The first-order chi connectivity index (χ1) is 11.4. The molecular formula is C17H16F3N3O. The quantitative estimate of drug-likeness (QED) is 0.878. The summed E-state index contributed by atoms with van der Waals surface area (Å²) in [5.74, 6) is 0.414. The molecule has 2 aromatic rings. The summed E-state index contributed by atoms with van der Waals surface area (Å²) >= 11 is 0. The van der Waals surface area contributed by atoms with Gasteiger partial charge in [-0.25, -0.2) is 4.98 Å². The van der Waals surface area contributed by atoms with Crippen molar-refractivity contribution in [2.45, 2.75) is 31.6 Å². The number of anilines is 1. The fourth-order valence-corrected chi connectivity index (χ4v) is 2.13. The Morgan fingerprint density at radius 1 is 1.12 bits per heavy atom. The first-order valence-electron chi connectivity index (χ1n) is 7.59. The van der Waals surface area contributed by atoms with Crippen molar-refractivity contribution in [3.05, 3.63) is 59.3 Å². The van der Waals surface area contributed by atoms with E-state index < -0.39 is 11.7 Å². The Bertz CT molecular complexity index is 707. The molecule has 1 aliphatic rings. The molecule has 0 radical (unpaired) electrons. The van der Waals surface area contributed by atoms with Crippen molar-refractivity contribution in [3.63, 3.8) is 0 Å². The Kier molecular flexibility index (Phi) is 4.42. The molecule has 0 bridgehead atoms. The van der Waals surface area contributed by atoms with Crippen molar-refractivity contribution in [2.24, 2.45) is 0 Å². The predicted molar refractivity (Wildman–Crippen MR) is 83.5 cm³/mol. The number of carbonyl (C=O) groups is 1. The predicted octanol–water partition coefficient (Wildman–Crippen LogP) is 3.60. The zero-order chi connectivity index (χ0) is 17.2. The Balaban J connectivity index is 1.55. The lowest BCUT2D eigenvalue weighted by molar-refractivity contribution is -0.137. The van der Waals surface area contributed by atoms with Crippen molar-refractivity contribution in [2.75, 3.05) is 5.32 Å². The van der Waals surface area contributed by atoms with E-state index in [1.165, 1.54) is 18.3 Å². The molecule has 1 aromatic carbocycles. The molecule has 4 nitrogen and oxygen atoms in total. The standard InChI is InChI=1S/C17H16F3N3O/c18-17(19,20)13-4-1-11(2-5-13)9-21-15-8-3-12(10-22-15)16(24)23-14-6-7-14/h1-5,8,10,14H,6-7,9H2,(H,21,22)(H,23,24). The molecule has 1 aliphatic carbocycles. The molecule has 24 heavy (non-hydrogen) atoms. The molecule has 7 heteroatoms. The van der Waals surface area contributed by atoms with Gasteiger partial charge in [0.2, 0.25) is 0 Å². The van der Waals surface area contributed by atoms with E-state index in [1.807, 2.05) is 0 Å². The van der Waals surface area contributed by atoms with Gasteiger partial charge in [0.15, 0.2) is 0 Å². The minimum atomic E-state index is -4.33. The summed E-state index contributed by atoms with van der Waals surface area (Å²) in [7, 11) is 0. The van der Waals surface area contributed by atoms with Crippen LogP contribution in [-0.2, 0) is 12.7 Å². The number of aromatic nitrogens is 1. The summed E-state index contributed by atoms with van der Waals surface area (Å²) in [5, 5.41) is 5.89. The third-order valence-corrected chi connectivity index (χ3v) is 3.69. The van der Waals surface area contributed by atoms with Gasteiger partial charge >= 0.3 is 6.18 Å². The van der Waals surface area contributed by atoms with Gasteiger partial charge < -0.3 is 10.6 Å². The van der Waals surface area contributed by atoms with Gasteiger partial charge in [0.05, 0.1) is 11.1 Å². The number of nitrogens with one attached hydrogen (secondary N) is 2. The largest absolute Gasteiger partial charge is 0.416 e. The van der Waals surface area contributed by atoms with E-state index in [0.29, 0.717) is 23.5 Å². The summed E-state index contributed by atoms with van der Waals surface area (Å²) in [6.07, 6.45) is -0.810. The van der Waals surface area contributed by atoms with Gasteiger partial charge in [-0.3, -0.25) is 4.79 Å². The highest BCUT2D eigenvalue weighted by atomic mass is 19.4. The molecule has 0 atom stereocenters. The Labute approximate surface area is 137 Å². The minimum absolute atomic E-state index is 0.140. The number of hydrogen-bond acceptors (Lipinski definition) is 3. The van der Waals surface area contributed by atoms with Crippen LogP contribution >= 0.6 is 0 Å². The van der Waals surface area contributed by atoms with Crippen LogP contribution in [0.1, 0.15) is 34.3 Å². The number of halogens is 3. The second kappa shape index (κ2) is 6.51. The molecule has 1 fully saturated rings. The van der Waals surface area contributed by atoms with Crippen LogP contribution in [0, 0.1) is 0 Å². The monoisotopic (exact) mass is 335 g/mol. The van der Waals surface area contributed by atoms with Crippen LogP contribution in [0.15, 0.2) is 42.6 Å². The van der Waals surface area contributed by atoms with Gasteiger partial charge in [-0.15, -0.1) is 0 Å². The lowest BCUT2D eigenvalue weighted by Crippen LogP contribution is -2.25. The van der Waals surface area contributed by atoms with Crippen LogP contribution in [0.2, 0.25) is 0 Å². The number of benzene rings is 1. The number of amides is 1. The molecule has 0 saturated heterocycles. The van der Waals surface area contributed by atoms with Crippen LogP contribution in [0.5, 0.6) is 0 Å². The molecule has 1 amide bonds. The van der Waals surface area contributed by atoms with Crippen LogP contribution in [-0.4, -0.2) is 16.9 Å². The summed E-state index contributed by atoms with van der Waals surface area (Å²) < 4.78 is 37.5. The average Bonchev–Trinajstić information content (AvgIpc) is 3.37. The Morgan fingerprint density at radius 2 is 1.83 bits per heavy atom. The van der Waals surface area contributed by atoms with Crippen LogP contribution in [0.25, 0.3) is 0 Å². The maximum absolute atomic E-state index is 12.5. The summed E-state index contributed by atoms with van der Waals surface area (Å²) in [4.78, 5) is 16.0. The molecule has 1 heterocycles. The molecule has 1 aromatic heterocycles. The highest BCUT2D eigenvalue weighted by Gasteiger charge is 2.29. The van der Waals surface area contributed by atoms with Gasteiger partial charge in [0.1, 0.15) is 5.82 Å². The van der Waals surface area contributed by atoms with E-state index in [9.17, 15) is 18.0 Å². The number of carbonyl (C=O) groups excluding carboxylic acids is 1. The van der Waals surface area contributed by atoms with Crippen LogP contribution in [0.3, 0.4) is 0 Å². The maximum Gasteiger partial charge on any atom is 0.416 e. The first kappa shape index (κ1) is 16.3. The first-order valence-corrected chi connectivity index (χ1v) is 7.59. The molecule has 3 rings (SSSR count). The summed E-state index contributed by atoms with van der Waals surface area (Å²) in [5.41, 5.74) is 0.526. The second-order valence-electron chi connectivity index (χ2n) is 5.73. The van der Waals surface area contributed by atoms with Crippen LogP contribution < -0.4 is 10.6 Å². The number of alkyl halides is 3. The summed E-state index contributed by atoms with van der Waals surface area (Å²) in [6.45, 7) is 0.346. The Hall–Kier alpha value is -2.57. The highest BCUT2D eigenvalue weighted by molar-refractivity contribution is 5.94. The zero-order valence-corrected chi connectivity index (χ0v) is 12.7. The number of nitrogens with zero attached hydrogens (tertiary/aromatic N) is 1. The van der Waals surface area contributed by atoms with Crippen LogP contribution in [0.4, 0.5) is 19.0 Å². The van der Waals surface area contributed by atoms with E-state index in [-0.39, 0.29) is 11.9 Å². The minimum Gasteiger partial charge on any atom is -0.366 e. The topological polar surface area (TPSA) is 54.0 Å². The lowest BCUT2D eigenvalue weighted by atomic mass is 10.1. The van der Waals surface area contributed by atoms with Gasteiger partial charge in [-0.05, 0) is 42.7 Å². The molecule has 0 aliphatic heterocycles. The molecule has 126 valence electrons. The number of pyridine rings is 1. The SMILES string of the molecule is O=C(NC1CC1)c1ccc(NCc2ccc(C(F)(F)F)cc2)nc1. The average molecular weight is 335 g/mol. The van der Waals surface area contributed by atoms with Crippen molar-refractivity contribution in [1.82, 2.24) is 10.3 Å². The molecular weight excluding hydrogens is 319 g/mol. The second-order valence-corrected chi connectivity index (χ2v) is 5.73. The van der Waals surface area contributed by atoms with Crippen molar-refractivity contribution in [3.8, 4) is 0 Å². The highest BCUT2D eigenvalue weighted by Crippen LogP contribution is 2.29. The smallest absolute Gasteiger partial charge is 0.366 e. The van der Waals surface area contributed by atoms with Crippen molar-refractivity contribution >= 4 is 11.7 Å². The maximum atomic E-state index is 12.5. The van der Waals surface area contributed by atoms with Gasteiger partial charge in [0, 0.05) is 18.8 Å². The van der Waals surface area contributed by atoms with Crippen molar-refractivity contribution < 1.29 is 18.0 Å². The van der Waals surface area contributed by atoms with E-state index in [1.54, 1.807) is 12.1 Å². The van der Waals surface area contributed by atoms with E-state index in [2.05, 4.69) is 15.6 Å². The van der Waals surface area contributed by atoms with Gasteiger partial charge in [-0.1, -0.05) is 12.1 Å². The molecule has 0 unspecified atom stereocenters. The zero-order valence-electron chi connectivity index (χ0n) is 12.7. The molecule has 1 saturated carbocycles. The summed E-state index contributed by atoms with van der Waals surface area (Å²) in [6, 6.07) is 8.58. The lowest BCUT2D eigenvalue weighted by Gasteiger charge is -2.09. The number of rotatable bonds is 5. The normalized spacial score (nSPS) is 14.3. The fourth-order valence-electron chi connectivity index (χ4n) is 2.13. The van der Waals surface area contributed by atoms with Gasteiger partial charge in [-0.2, -0.15) is 13.2 Å². The van der Waals surface area contributed by atoms with Gasteiger partial charge in [0.25, 0.3) is 5.91 Å².